The lowest BCUT2D eigenvalue weighted by atomic mass is 10.1. The molecule has 0 spiro atoms. The van der Waals surface area contributed by atoms with Gasteiger partial charge in [0.05, 0.1) is 17.6 Å². The van der Waals surface area contributed by atoms with Gasteiger partial charge in [0.15, 0.2) is 0 Å². The average molecular weight is 322 g/mol. The van der Waals surface area contributed by atoms with E-state index in [1.807, 2.05) is 0 Å². The largest absolute Gasteiger partial charge is 0.397 e. The molecule has 20 heavy (non-hydrogen) atoms. The number of nitrogens with zero attached hydrogens (tertiary/aromatic N) is 2. The van der Waals surface area contributed by atoms with Gasteiger partial charge < -0.3 is 21.7 Å². The van der Waals surface area contributed by atoms with Gasteiger partial charge in [-0.1, -0.05) is 6.42 Å². The Labute approximate surface area is 133 Å². The molecule has 7 heteroatoms. The molecule has 0 saturated carbocycles. The first-order valence-corrected chi connectivity index (χ1v) is 6.73. The number of likely N-dealkylation sites (tertiary alicyclic amines) is 1. The molecule has 1 fully saturated rings. The number of halogens is 2. The molecule has 0 aromatic carbocycles. The van der Waals surface area contributed by atoms with Gasteiger partial charge in [-0.25, -0.2) is 4.98 Å². The number of anilines is 3. The van der Waals surface area contributed by atoms with Crippen molar-refractivity contribution in [2.75, 3.05) is 43.0 Å². The van der Waals surface area contributed by atoms with Crippen molar-refractivity contribution in [3.8, 4) is 0 Å². The van der Waals surface area contributed by atoms with Gasteiger partial charge >= 0.3 is 0 Å². The monoisotopic (exact) mass is 321 g/mol. The minimum atomic E-state index is 0. The van der Waals surface area contributed by atoms with Gasteiger partial charge in [0.25, 0.3) is 0 Å². The number of nitrogens with one attached hydrogen (secondary N) is 1. The van der Waals surface area contributed by atoms with E-state index >= 15 is 0 Å². The molecule has 2 heterocycles. The second kappa shape index (κ2) is 9.91. The van der Waals surface area contributed by atoms with Crippen molar-refractivity contribution in [3.05, 3.63) is 12.3 Å². The molecule has 1 aliphatic rings. The third kappa shape index (κ3) is 6.03. The van der Waals surface area contributed by atoms with Crippen LogP contribution in [0.15, 0.2) is 12.3 Å². The van der Waals surface area contributed by atoms with E-state index in [1.165, 1.54) is 32.4 Å². The zero-order chi connectivity index (χ0) is 12.8. The normalized spacial score (nSPS) is 15.0. The standard InChI is InChI=1S/C13H23N5.2ClH/c14-11-9-12(15)13(17-10-11)16-5-4-8-18-6-2-1-3-7-18;;/h9-10H,1-8,14-15H2,(H,16,17);2*1H. The predicted molar refractivity (Wildman–Crippen MR) is 91.0 cm³/mol. The molecule has 0 radical (unpaired) electrons. The van der Waals surface area contributed by atoms with E-state index in [4.69, 9.17) is 11.5 Å². The Hall–Kier alpha value is -0.910. The molecule has 2 rings (SSSR count). The predicted octanol–water partition coefficient (Wildman–Crippen LogP) is 2.38. The topological polar surface area (TPSA) is 80.2 Å². The maximum absolute atomic E-state index is 5.83. The van der Waals surface area contributed by atoms with Crippen molar-refractivity contribution in [2.45, 2.75) is 25.7 Å². The van der Waals surface area contributed by atoms with Crippen molar-refractivity contribution in [3.63, 3.8) is 0 Å². The smallest absolute Gasteiger partial charge is 0.149 e. The van der Waals surface area contributed by atoms with Crippen molar-refractivity contribution < 1.29 is 0 Å². The summed E-state index contributed by atoms with van der Waals surface area (Å²) in [5.41, 5.74) is 12.7. The summed E-state index contributed by atoms with van der Waals surface area (Å²) in [5, 5.41) is 3.26. The highest BCUT2D eigenvalue weighted by atomic mass is 35.5. The highest BCUT2D eigenvalue weighted by molar-refractivity contribution is 5.85. The van der Waals surface area contributed by atoms with Crippen LogP contribution in [-0.4, -0.2) is 36.1 Å². The van der Waals surface area contributed by atoms with Gasteiger partial charge in [0, 0.05) is 6.54 Å². The summed E-state index contributed by atoms with van der Waals surface area (Å²) in [4.78, 5) is 6.72. The van der Waals surface area contributed by atoms with Gasteiger partial charge in [-0.3, -0.25) is 0 Å². The molecule has 0 unspecified atom stereocenters. The molecule has 116 valence electrons. The summed E-state index contributed by atoms with van der Waals surface area (Å²) >= 11 is 0. The zero-order valence-corrected chi connectivity index (χ0v) is 13.3. The molecule has 1 aliphatic heterocycles. The maximum Gasteiger partial charge on any atom is 0.149 e. The second-order valence-corrected chi connectivity index (χ2v) is 4.89. The van der Waals surface area contributed by atoms with Crippen LogP contribution >= 0.6 is 24.8 Å². The fourth-order valence-electron chi connectivity index (χ4n) is 2.34. The number of aromatic nitrogens is 1. The molecular formula is C13H25Cl2N5. The fraction of sp³-hybridized carbons (Fsp3) is 0.615. The summed E-state index contributed by atoms with van der Waals surface area (Å²) in [7, 11) is 0. The van der Waals surface area contributed by atoms with Crippen LogP contribution in [0, 0.1) is 0 Å². The maximum atomic E-state index is 5.83. The Bertz CT molecular complexity index is 383. The molecule has 5 N–H and O–H groups in total. The van der Waals surface area contributed by atoms with Gasteiger partial charge in [-0.05, 0) is 45.0 Å². The third-order valence-corrected chi connectivity index (χ3v) is 3.33. The van der Waals surface area contributed by atoms with Gasteiger partial charge in [-0.2, -0.15) is 0 Å². The number of rotatable bonds is 5. The Morgan fingerprint density at radius 2 is 1.85 bits per heavy atom. The number of pyridine rings is 1. The van der Waals surface area contributed by atoms with E-state index in [0.29, 0.717) is 11.4 Å². The Morgan fingerprint density at radius 1 is 1.15 bits per heavy atom. The number of hydrogen-bond acceptors (Lipinski definition) is 5. The fourth-order valence-corrected chi connectivity index (χ4v) is 2.34. The van der Waals surface area contributed by atoms with Crippen LogP contribution in [0.1, 0.15) is 25.7 Å². The van der Waals surface area contributed by atoms with E-state index in [-0.39, 0.29) is 24.8 Å². The van der Waals surface area contributed by atoms with Crippen LogP contribution in [0.2, 0.25) is 0 Å². The molecule has 0 aliphatic carbocycles. The van der Waals surface area contributed by atoms with Crippen LogP contribution in [0.4, 0.5) is 17.2 Å². The van der Waals surface area contributed by atoms with Crippen LogP contribution in [-0.2, 0) is 0 Å². The summed E-state index contributed by atoms with van der Waals surface area (Å²) in [6.45, 7) is 4.56. The van der Waals surface area contributed by atoms with Crippen molar-refractivity contribution >= 4 is 42.0 Å². The first-order chi connectivity index (χ1) is 8.75. The molecule has 1 saturated heterocycles. The van der Waals surface area contributed by atoms with Gasteiger partial charge in [0.1, 0.15) is 5.82 Å². The summed E-state index contributed by atoms with van der Waals surface area (Å²) in [6, 6.07) is 1.74. The second-order valence-electron chi connectivity index (χ2n) is 4.89. The van der Waals surface area contributed by atoms with E-state index in [2.05, 4.69) is 15.2 Å². The average Bonchev–Trinajstić information content (AvgIpc) is 2.38. The van der Waals surface area contributed by atoms with Crippen LogP contribution in [0.3, 0.4) is 0 Å². The van der Waals surface area contributed by atoms with Crippen LogP contribution in [0.25, 0.3) is 0 Å². The summed E-state index contributed by atoms with van der Waals surface area (Å²) in [5.74, 6) is 0.739. The number of hydrogen-bond donors (Lipinski definition) is 3. The molecule has 0 bridgehead atoms. The minimum Gasteiger partial charge on any atom is -0.397 e. The first kappa shape index (κ1) is 19.1. The van der Waals surface area contributed by atoms with Crippen molar-refractivity contribution in [1.82, 2.24) is 9.88 Å². The van der Waals surface area contributed by atoms with Crippen molar-refractivity contribution in [2.24, 2.45) is 0 Å². The van der Waals surface area contributed by atoms with E-state index in [9.17, 15) is 0 Å². The molecule has 0 amide bonds. The number of piperidine rings is 1. The third-order valence-electron chi connectivity index (χ3n) is 3.33. The zero-order valence-electron chi connectivity index (χ0n) is 11.7. The first-order valence-electron chi connectivity index (χ1n) is 6.73. The molecule has 5 nitrogen and oxygen atoms in total. The lowest BCUT2D eigenvalue weighted by molar-refractivity contribution is 0.228. The number of nitrogens with two attached hydrogens (primary N) is 2. The molecular weight excluding hydrogens is 297 g/mol. The molecule has 1 aromatic heterocycles. The Morgan fingerprint density at radius 3 is 2.50 bits per heavy atom. The molecule has 1 aromatic rings. The lowest BCUT2D eigenvalue weighted by Gasteiger charge is -2.26. The van der Waals surface area contributed by atoms with Crippen LogP contribution < -0.4 is 16.8 Å². The van der Waals surface area contributed by atoms with Crippen LogP contribution in [0.5, 0.6) is 0 Å². The quantitative estimate of drug-likeness (QED) is 0.725. The highest BCUT2D eigenvalue weighted by Crippen LogP contribution is 2.17. The minimum absolute atomic E-state index is 0. The van der Waals surface area contributed by atoms with Gasteiger partial charge in [0.2, 0.25) is 0 Å². The van der Waals surface area contributed by atoms with Gasteiger partial charge in [-0.15, -0.1) is 24.8 Å². The number of nitrogen functional groups attached to an aromatic ring is 2. The summed E-state index contributed by atoms with van der Waals surface area (Å²) < 4.78 is 0. The van der Waals surface area contributed by atoms with E-state index in [1.54, 1.807) is 12.3 Å². The van der Waals surface area contributed by atoms with Crippen molar-refractivity contribution in [1.29, 1.82) is 0 Å². The Kier molecular flexibility index (Phi) is 9.46. The summed E-state index contributed by atoms with van der Waals surface area (Å²) in [6.07, 6.45) is 6.83. The molecule has 0 atom stereocenters. The van der Waals surface area contributed by atoms with E-state index < -0.39 is 0 Å². The lowest BCUT2D eigenvalue weighted by Crippen LogP contribution is -2.31. The highest BCUT2D eigenvalue weighted by Gasteiger charge is 2.09. The van der Waals surface area contributed by atoms with E-state index in [0.717, 1.165) is 25.3 Å². The SMILES string of the molecule is Cl.Cl.Nc1cnc(NCCCN2CCCCC2)c(N)c1. The Balaban J connectivity index is 0.00000180.